The van der Waals surface area contributed by atoms with Gasteiger partial charge in [0.05, 0.1) is 32.8 Å². The molecule has 6 fully saturated rings. The van der Waals surface area contributed by atoms with Crippen molar-refractivity contribution in [2.75, 3.05) is 20.3 Å². The number of esters is 1. The molecule has 240 valence electrons. The van der Waals surface area contributed by atoms with Crippen LogP contribution in [0.25, 0.3) is 0 Å². The smallest absolute Gasteiger partial charge is 0.305 e. The molecule has 6 saturated heterocycles. The minimum Gasteiger partial charge on any atom is -0.469 e. The lowest BCUT2D eigenvalue weighted by atomic mass is 9.91. The summed E-state index contributed by atoms with van der Waals surface area (Å²) in [6.45, 7) is 17.3. The van der Waals surface area contributed by atoms with E-state index in [1.54, 1.807) is 13.8 Å². The number of fused-ring (bicyclic) bond motifs is 2. The Kier molecular flexibility index (Phi) is 9.57. The van der Waals surface area contributed by atoms with Crippen LogP contribution in [0, 0.1) is 5.92 Å². The van der Waals surface area contributed by atoms with E-state index in [1.165, 1.54) is 7.11 Å². The molecule has 14 heteroatoms. The molecule has 6 rings (SSSR count). The number of carbonyl (C=O) groups excluding carboxylic acids is 3. The first-order valence-electron chi connectivity index (χ1n) is 14.0. The predicted octanol–water partition coefficient (Wildman–Crippen LogP) is 1.59. The van der Waals surface area contributed by atoms with Gasteiger partial charge in [0.1, 0.15) is 25.1 Å². The van der Waals surface area contributed by atoms with Gasteiger partial charge in [0.25, 0.3) is 0 Å². The maximum absolute atomic E-state index is 12.2. The monoisotopic (exact) mass is 604 g/mol. The van der Waals surface area contributed by atoms with Gasteiger partial charge in [-0.2, -0.15) is 0 Å². The molecule has 0 aliphatic carbocycles. The minimum absolute atomic E-state index is 0.128. The van der Waals surface area contributed by atoms with Crippen molar-refractivity contribution in [1.29, 1.82) is 0 Å². The second-order valence-corrected chi connectivity index (χ2v) is 12.6. The third kappa shape index (κ3) is 7.20. The van der Waals surface area contributed by atoms with Crippen molar-refractivity contribution in [3.63, 3.8) is 0 Å². The van der Waals surface area contributed by atoms with Crippen LogP contribution in [-0.4, -0.2) is 111 Å². The van der Waals surface area contributed by atoms with Crippen molar-refractivity contribution in [2.45, 2.75) is 134 Å². The maximum Gasteiger partial charge on any atom is 0.305 e. The summed E-state index contributed by atoms with van der Waals surface area (Å²) in [5, 5.41) is 0. The molecule has 0 amide bonds. The first-order valence-corrected chi connectivity index (χ1v) is 14.0. The molecule has 3 unspecified atom stereocenters. The lowest BCUT2D eigenvalue weighted by Crippen LogP contribution is -2.40. The fraction of sp³-hybridized carbons (Fsp3) is 0.893. The first-order chi connectivity index (χ1) is 19.5. The quantitative estimate of drug-likeness (QED) is 0.427. The van der Waals surface area contributed by atoms with Gasteiger partial charge < -0.3 is 56.9 Å². The number of methoxy groups -OCH3 is 1. The molecule has 9 atom stereocenters. The van der Waals surface area contributed by atoms with Crippen molar-refractivity contribution in [3.8, 4) is 0 Å². The molecule has 6 aliphatic heterocycles. The topological polar surface area (TPSA) is 153 Å². The third-order valence-electron chi connectivity index (χ3n) is 7.52. The Bertz CT molecular complexity index is 995. The second-order valence-electron chi connectivity index (χ2n) is 12.6. The standard InChI is InChI=1S/C15H24O7.C12H18O6.CH2O/c1-14(2)18-7-9(20-14)11-8(6-10(16)17-5)12-13(19-11)22-15(3,4)21-12;1-11(2)14-5-6(16-11)8-7(13)9-10(15-8)18-12(3,4)17-9;1-2/h8-9,11-13H,6-7H2,1-5H3;6,8-10H,5H2,1-4H3;1H2/t8?,9?,11-,12+,13+;6?,8-,9-,10-;/m01./s1. The van der Waals surface area contributed by atoms with Gasteiger partial charge in [-0.05, 0) is 55.4 Å². The largest absolute Gasteiger partial charge is 0.469 e. The van der Waals surface area contributed by atoms with Gasteiger partial charge >= 0.3 is 5.97 Å². The molecule has 14 nitrogen and oxygen atoms in total. The third-order valence-corrected chi connectivity index (χ3v) is 7.52. The highest BCUT2D eigenvalue weighted by Gasteiger charge is 2.59. The van der Waals surface area contributed by atoms with Crippen LogP contribution in [0.3, 0.4) is 0 Å². The number of hydrogen-bond acceptors (Lipinski definition) is 14. The Morgan fingerprint density at radius 3 is 1.79 bits per heavy atom. The van der Waals surface area contributed by atoms with Crippen LogP contribution in [0.15, 0.2) is 0 Å². The fourth-order valence-corrected chi connectivity index (χ4v) is 5.87. The number of rotatable bonds is 4. The number of carbonyl (C=O) groups is 3. The van der Waals surface area contributed by atoms with Crippen LogP contribution in [-0.2, 0) is 66.5 Å². The Hall–Kier alpha value is -1.59. The number of hydrogen-bond donors (Lipinski definition) is 0. The van der Waals surface area contributed by atoms with Crippen LogP contribution in [0.5, 0.6) is 0 Å². The number of ether oxygens (including phenoxy) is 11. The van der Waals surface area contributed by atoms with Crippen molar-refractivity contribution in [2.24, 2.45) is 5.92 Å². The number of ketones is 1. The van der Waals surface area contributed by atoms with E-state index in [0.29, 0.717) is 13.2 Å². The fourth-order valence-electron chi connectivity index (χ4n) is 5.87. The lowest BCUT2D eigenvalue weighted by Gasteiger charge is -2.28. The zero-order valence-corrected chi connectivity index (χ0v) is 25.7. The summed E-state index contributed by atoms with van der Waals surface area (Å²) in [5.74, 6) is -3.44. The highest BCUT2D eigenvalue weighted by atomic mass is 16.9. The van der Waals surface area contributed by atoms with Crippen LogP contribution in [0.1, 0.15) is 61.8 Å². The minimum atomic E-state index is -0.776. The molecule has 0 aromatic heterocycles. The average molecular weight is 605 g/mol. The van der Waals surface area contributed by atoms with Crippen molar-refractivity contribution < 1.29 is 66.5 Å². The van der Waals surface area contributed by atoms with Gasteiger partial charge in [0.15, 0.2) is 53.7 Å². The van der Waals surface area contributed by atoms with Crippen LogP contribution in [0.4, 0.5) is 0 Å². The van der Waals surface area contributed by atoms with Crippen molar-refractivity contribution in [3.05, 3.63) is 0 Å². The van der Waals surface area contributed by atoms with E-state index in [2.05, 4.69) is 0 Å². The molecule has 6 heterocycles. The molecule has 0 saturated carbocycles. The summed E-state index contributed by atoms with van der Waals surface area (Å²) in [4.78, 5) is 32.0. The molecule has 0 spiro atoms. The molecule has 0 aromatic rings. The highest BCUT2D eigenvalue weighted by molar-refractivity contribution is 5.90. The van der Waals surface area contributed by atoms with Crippen LogP contribution in [0.2, 0.25) is 0 Å². The summed E-state index contributed by atoms with van der Waals surface area (Å²) >= 11 is 0. The highest BCUT2D eigenvalue weighted by Crippen LogP contribution is 2.45. The van der Waals surface area contributed by atoms with Crippen LogP contribution >= 0.6 is 0 Å². The summed E-state index contributed by atoms with van der Waals surface area (Å²) in [5.41, 5.74) is 0. The molecule has 42 heavy (non-hydrogen) atoms. The van der Waals surface area contributed by atoms with E-state index in [9.17, 15) is 9.59 Å². The van der Waals surface area contributed by atoms with Crippen molar-refractivity contribution >= 4 is 18.5 Å². The van der Waals surface area contributed by atoms with Crippen LogP contribution < -0.4 is 0 Å². The van der Waals surface area contributed by atoms with Gasteiger partial charge in [-0.3, -0.25) is 9.59 Å². The molecule has 6 aliphatic rings. The van der Waals surface area contributed by atoms with E-state index in [4.69, 9.17) is 56.9 Å². The van der Waals surface area contributed by atoms with Gasteiger partial charge in [-0.15, -0.1) is 0 Å². The van der Waals surface area contributed by atoms with E-state index >= 15 is 0 Å². The molecule has 0 radical (unpaired) electrons. The zero-order chi connectivity index (χ0) is 31.3. The molecule has 0 bridgehead atoms. The molecular formula is C28H44O14. The average Bonchev–Trinajstić information content (AvgIpc) is 3.70. The summed E-state index contributed by atoms with van der Waals surface area (Å²) < 4.78 is 61.7. The number of Topliss-reactive ketones (excluding diaryl/α,β-unsaturated/α-hetero) is 1. The molecular weight excluding hydrogens is 560 g/mol. The Morgan fingerprint density at radius 1 is 0.714 bits per heavy atom. The van der Waals surface area contributed by atoms with Gasteiger partial charge in [0, 0.05) is 5.92 Å². The Balaban J connectivity index is 0.000000185. The van der Waals surface area contributed by atoms with Crippen molar-refractivity contribution in [1.82, 2.24) is 0 Å². The van der Waals surface area contributed by atoms with E-state index < -0.39 is 54.0 Å². The van der Waals surface area contributed by atoms with E-state index in [1.807, 2.05) is 48.3 Å². The Labute approximate surface area is 245 Å². The molecule has 0 N–H and O–H groups in total. The summed E-state index contributed by atoms with van der Waals surface area (Å²) in [6, 6.07) is 0. The van der Waals surface area contributed by atoms with E-state index in [0.717, 1.165) is 0 Å². The maximum atomic E-state index is 12.2. The normalized spacial score (nSPS) is 41.7. The first kappa shape index (κ1) is 33.3. The summed E-state index contributed by atoms with van der Waals surface area (Å²) in [6.07, 6.45) is -3.55. The predicted molar refractivity (Wildman–Crippen MR) is 139 cm³/mol. The summed E-state index contributed by atoms with van der Waals surface area (Å²) in [7, 11) is 1.37. The van der Waals surface area contributed by atoms with Gasteiger partial charge in [-0.25, -0.2) is 0 Å². The van der Waals surface area contributed by atoms with Gasteiger partial charge in [0.2, 0.25) is 0 Å². The second kappa shape index (κ2) is 12.1. The lowest BCUT2D eigenvalue weighted by molar-refractivity contribution is -0.227. The SMILES string of the molecule is C=O.CC1(C)OCC([C@H]2O[C@@H]3OC(C)(C)O[C@@H]3C2=O)O1.COC(=O)CC1[C@@H](C2COC(C)(C)O2)O[C@@H]2OC(C)(C)O[C@H]12. The van der Waals surface area contributed by atoms with Gasteiger partial charge in [-0.1, -0.05) is 0 Å². The Morgan fingerprint density at radius 2 is 1.26 bits per heavy atom. The van der Waals surface area contributed by atoms with E-state index in [-0.39, 0.29) is 42.4 Å². The molecule has 0 aromatic carbocycles. The zero-order valence-electron chi connectivity index (χ0n) is 25.7.